The highest BCUT2D eigenvalue weighted by atomic mass is 15.3. The first-order valence-corrected chi connectivity index (χ1v) is 4.65. The number of hydrazine groups is 1. The van der Waals surface area contributed by atoms with Crippen LogP contribution >= 0.6 is 0 Å². The SMILES string of the molecule is CC/C1=C\CNNC#CCN(C)C1. The molecule has 3 heteroatoms. The molecule has 1 heterocycles. The van der Waals surface area contributed by atoms with Gasteiger partial charge in [0.05, 0.1) is 6.54 Å². The number of hydrogen-bond donors (Lipinski definition) is 2. The van der Waals surface area contributed by atoms with Crippen LogP contribution in [0.15, 0.2) is 11.6 Å². The van der Waals surface area contributed by atoms with E-state index in [1.54, 1.807) is 0 Å². The van der Waals surface area contributed by atoms with Gasteiger partial charge in [0.1, 0.15) is 0 Å². The summed E-state index contributed by atoms with van der Waals surface area (Å²) < 4.78 is 0. The van der Waals surface area contributed by atoms with E-state index in [-0.39, 0.29) is 0 Å². The zero-order valence-corrected chi connectivity index (χ0v) is 8.35. The highest BCUT2D eigenvalue weighted by Crippen LogP contribution is 2.01. The minimum Gasteiger partial charge on any atom is -0.291 e. The van der Waals surface area contributed by atoms with Gasteiger partial charge in [-0.1, -0.05) is 24.5 Å². The normalized spacial score (nSPS) is 23.4. The predicted molar refractivity (Wildman–Crippen MR) is 54.8 cm³/mol. The molecule has 0 aromatic carbocycles. The van der Waals surface area contributed by atoms with Gasteiger partial charge in [-0.2, -0.15) is 0 Å². The summed E-state index contributed by atoms with van der Waals surface area (Å²) in [6.45, 7) is 4.86. The maximum absolute atomic E-state index is 3.02. The van der Waals surface area contributed by atoms with Crippen LogP contribution in [0, 0.1) is 12.0 Å². The Kier molecular flexibility index (Phi) is 4.37. The van der Waals surface area contributed by atoms with Crippen molar-refractivity contribution in [3.8, 4) is 12.0 Å². The molecule has 1 aliphatic rings. The average molecular weight is 179 g/mol. The molecule has 0 spiro atoms. The van der Waals surface area contributed by atoms with Crippen molar-refractivity contribution in [3.63, 3.8) is 0 Å². The third kappa shape index (κ3) is 3.97. The quantitative estimate of drug-likeness (QED) is 0.448. The largest absolute Gasteiger partial charge is 0.291 e. The first-order valence-electron chi connectivity index (χ1n) is 4.65. The summed E-state index contributed by atoms with van der Waals surface area (Å²) in [6.07, 6.45) is 3.33. The fourth-order valence-electron chi connectivity index (χ4n) is 1.23. The molecule has 0 aromatic rings. The van der Waals surface area contributed by atoms with Crippen LogP contribution in [-0.2, 0) is 0 Å². The van der Waals surface area contributed by atoms with Gasteiger partial charge >= 0.3 is 0 Å². The number of likely N-dealkylation sites (N-methyl/N-ethyl adjacent to an activating group) is 1. The highest BCUT2D eigenvalue weighted by Gasteiger charge is 2.00. The van der Waals surface area contributed by atoms with Gasteiger partial charge in [-0.15, -0.1) is 0 Å². The van der Waals surface area contributed by atoms with Crippen LogP contribution in [0.3, 0.4) is 0 Å². The zero-order valence-electron chi connectivity index (χ0n) is 8.35. The Bertz CT molecular complexity index is 234. The van der Waals surface area contributed by atoms with Gasteiger partial charge in [0.2, 0.25) is 0 Å². The van der Waals surface area contributed by atoms with Crippen LogP contribution in [-0.4, -0.2) is 31.6 Å². The van der Waals surface area contributed by atoms with Crippen LogP contribution in [0.5, 0.6) is 0 Å². The van der Waals surface area contributed by atoms with E-state index in [0.717, 1.165) is 26.1 Å². The van der Waals surface area contributed by atoms with Gasteiger partial charge in [0.25, 0.3) is 0 Å². The van der Waals surface area contributed by atoms with Crippen molar-refractivity contribution in [1.82, 2.24) is 15.8 Å². The van der Waals surface area contributed by atoms with Crippen LogP contribution in [0.25, 0.3) is 0 Å². The van der Waals surface area contributed by atoms with Gasteiger partial charge in [-0.05, 0) is 13.5 Å². The molecule has 1 rings (SSSR count). The van der Waals surface area contributed by atoms with Crippen molar-refractivity contribution < 1.29 is 0 Å². The molecule has 0 radical (unpaired) electrons. The maximum Gasteiger partial charge on any atom is 0.0620 e. The van der Waals surface area contributed by atoms with Crippen LogP contribution in [0.1, 0.15) is 13.3 Å². The molecule has 0 saturated carbocycles. The second-order valence-corrected chi connectivity index (χ2v) is 3.20. The van der Waals surface area contributed by atoms with E-state index >= 15 is 0 Å². The molecule has 13 heavy (non-hydrogen) atoms. The lowest BCUT2D eigenvalue weighted by atomic mass is 10.2. The van der Waals surface area contributed by atoms with Crippen molar-refractivity contribution in [2.45, 2.75) is 13.3 Å². The molecule has 0 saturated heterocycles. The number of rotatable bonds is 1. The summed E-state index contributed by atoms with van der Waals surface area (Å²) in [5.41, 5.74) is 7.31. The van der Waals surface area contributed by atoms with Gasteiger partial charge in [-0.25, -0.2) is 5.43 Å². The van der Waals surface area contributed by atoms with E-state index in [2.05, 4.69) is 47.8 Å². The average Bonchev–Trinajstić information content (AvgIpc) is 2.15. The standard InChI is InChI=1S/C10H17N3/c1-3-10-5-7-12-11-6-4-8-13(2)9-10/h5,11-12H,3,7-9H2,1-2H3/b10-5+. The van der Waals surface area contributed by atoms with Gasteiger partial charge in [0.15, 0.2) is 0 Å². The topological polar surface area (TPSA) is 27.3 Å². The predicted octanol–water partition coefficient (Wildman–Crippen LogP) is 0.323. The summed E-state index contributed by atoms with van der Waals surface area (Å²) in [7, 11) is 2.09. The van der Waals surface area contributed by atoms with Crippen molar-refractivity contribution in [1.29, 1.82) is 0 Å². The third-order valence-corrected chi connectivity index (χ3v) is 2.01. The first-order chi connectivity index (χ1) is 6.33. The number of nitrogens with one attached hydrogen (secondary N) is 2. The monoisotopic (exact) mass is 179 g/mol. The van der Waals surface area contributed by atoms with E-state index in [0.29, 0.717) is 0 Å². The van der Waals surface area contributed by atoms with Crippen LogP contribution in [0.4, 0.5) is 0 Å². The summed E-state index contributed by atoms with van der Waals surface area (Å²) in [5, 5.41) is 0. The number of nitrogens with zero attached hydrogens (tertiary/aromatic N) is 1. The Labute approximate surface area is 80.2 Å². The minimum absolute atomic E-state index is 0.812. The van der Waals surface area contributed by atoms with Crippen molar-refractivity contribution >= 4 is 0 Å². The Morgan fingerprint density at radius 2 is 2.46 bits per heavy atom. The molecule has 1 aliphatic heterocycles. The molecule has 0 aliphatic carbocycles. The molecule has 0 amide bonds. The summed E-state index contributed by atoms with van der Waals surface area (Å²) in [4.78, 5) is 2.22. The number of hydrogen-bond acceptors (Lipinski definition) is 3. The Morgan fingerprint density at radius 1 is 1.62 bits per heavy atom. The molecule has 0 aromatic heterocycles. The third-order valence-electron chi connectivity index (χ3n) is 2.01. The van der Waals surface area contributed by atoms with E-state index in [4.69, 9.17) is 0 Å². The molecule has 2 N–H and O–H groups in total. The lowest BCUT2D eigenvalue weighted by Gasteiger charge is -2.16. The van der Waals surface area contributed by atoms with E-state index < -0.39 is 0 Å². The van der Waals surface area contributed by atoms with Crippen molar-refractivity contribution in [3.05, 3.63) is 11.6 Å². The lowest BCUT2D eigenvalue weighted by molar-refractivity contribution is 0.403. The van der Waals surface area contributed by atoms with Crippen molar-refractivity contribution in [2.75, 3.05) is 26.7 Å². The summed E-state index contributed by atoms with van der Waals surface area (Å²) >= 11 is 0. The Hall–Kier alpha value is -0.980. The molecular formula is C10H17N3. The smallest absolute Gasteiger partial charge is 0.0620 e. The second kappa shape index (κ2) is 5.63. The molecule has 0 bridgehead atoms. The molecule has 0 fully saturated rings. The molecular weight excluding hydrogens is 162 g/mol. The lowest BCUT2D eigenvalue weighted by Crippen LogP contribution is -2.30. The molecule has 3 nitrogen and oxygen atoms in total. The fourth-order valence-corrected chi connectivity index (χ4v) is 1.23. The maximum atomic E-state index is 3.02. The fraction of sp³-hybridized carbons (Fsp3) is 0.600. The first kappa shape index (κ1) is 10.1. The molecule has 72 valence electrons. The van der Waals surface area contributed by atoms with Crippen molar-refractivity contribution in [2.24, 2.45) is 0 Å². The van der Waals surface area contributed by atoms with E-state index in [1.807, 2.05) is 0 Å². The highest BCUT2D eigenvalue weighted by molar-refractivity contribution is 5.08. The Balaban J connectivity index is 2.54. The van der Waals surface area contributed by atoms with E-state index in [9.17, 15) is 0 Å². The Morgan fingerprint density at radius 3 is 3.23 bits per heavy atom. The van der Waals surface area contributed by atoms with Crippen LogP contribution in [0.2, 0.25) is 0 Å². The molecule has 0 unspecified atom stereocenters. The molecule has 0 atom stereocenters. The van der Waals surface area contributed by atoms with Crippen LogP contribution < -0.4 is 10.9 Å². The summed E-state index contributed by atoms with van der Waals surface area (Å²) in [6, 6.07) is 2.84. The van der Waals surface area contributed by atoms with Gasteiger partial charge in [0, 0.05) is 19.1 Å². The minimum atomic E-state index is 0.812. The second-order valence-electron chi connectivity index (χ2n) is 3.20. The summed E-state index contributed by atoms with van der Waals surface area (Å²) in [5.74, 6) is 3.02. The zero-order chi connectivity index (χ0) is 9.52. The van der Waals surface area contributed by atoms with E-state index in [1.165, 1.54) is 5.57 Å². The van der Waals surface area contributed by atoms with Gasteiger partial charge < -0.3 is 0 Å². The van der Waals surface area contributed by atoms with Gasteiger partial charge in [-0.3, -0.25) is 10.3 Å².